The largest absolute Gasteiger partial charge is 0.394 e. The van der Waals surface area contributed by atoms with Gasteiger partial charge < -0.3 is 0 Å². The minimum Gasteiger partial charge on any atom is -0.294 e. The van der Waals surface area contributed by atoms with Gasteiger partial charge in [-0.3, -0.25) is 14.5 Å². The number of hydrogen-bond donors (Lipinski definition) is 4. The average Bonchev–Trinajstić information content (AvgIpc) is 2.12. The number of anilines is 1. The number of rotatable bonds is 2. The zero-order valence-corrected chi connectivity index (χ0v) is 8.60. The minimum absolute atomic E-state index is 0.242. The molecule has 0 aliphatic rings. The van der Waals surface area contributed by atoms with E-state index < -0.39 is 27.9 Å². The molecule has 17 heavy (non-hydrogen) atoms. The number of hydrogen-bond acceptors (Lipinski definition) is 4. The van der Waals surface area contributed by atoms with Gasteiger partial charge in [0.25, 0.3) is 0 Å². The van der Waals surface area contributed by atoms with Crippen LogP contribution in [0.25, 0.3) is 0 Å². The zero-order valence-electron chi connectivity index (χ0n) is 7.79. The number of halogens is 4. The summed E-state index contributed by atoms with van der Waals surface area (Å²) in [5.74, 6) is -4.35. The second-order valence-electron chi connectivity index (χ2n) is 2.42. The van der Waals surface area contributed by atoms with E-state index in [0.717, 1.165) is 5.65 Å². The molecule has 0 heterocycles. The molecule has 0 aromatic heterocycles. The van der Waals surface area contributed by atoms with Crippen LogP contribution in [0.2, 0.25) is 0 Å². The monoisotopic (exact) mass is 278 g/mol. The van der Waals surface area contributed by atoms with E-state index in [1.807, 2.05) is 0 Å². The molecule has 1 aromatic carbocycles. The van der Waals surface area contributed by atoms with Crippen LogP contribution < -0.4 is 11.1 Å². The van der Waals surface area contributed by atoms with Crippen molar-refractivity contribution in [3.05, 3.63) is 29.6 Å². The Bertz CT molecular complexity index is 450. The molecule has 0 aliphatic carbocycles. The Morgan fingerprint density at radius 2 is 1.41 bits per heavy atom. The summed E-state index contributed by atoms with van der Waals surface area (Å²) in [6, 6.07) is 1.23. The van der Waals surface area contributed by atoms with Crippen molar-refractivity contribution < 1.29 is 35.2 Å². The standard InChI is InChI=1S/C6H4F4N2.H2O4S/c7-4-1-3(11-12-10)2-5(8)6(4)9;1-5(2,3)4/h1-2,11-12H;(H2,1,2,3,4). The molecule has 0 bridgehead atoms. The van der Waals surface area contributed by atoms with E-state index in [2.05, 4.69) is 0 Å². The normalized spacial score (nSPS) is 10.5. The van der Waals surface area contributed by atoms with E-state index in [-0.39, 0.29) is 5.69 Å². The third-order valence-corrected chi connectivity index (χ3v) is 1.18. The fraction of sp³-hybridized carbons (Fsp3) is 0. The van der Waals surface area contributed by atoms with Gasteiger partial charge in [-0.15, -0.1) is 4.48 Å². The van der Waals surface area contributed by atoms with Crippen molar-refractivity contribution in [3.8, 4) is 0 Å². The van der Waals surface area contributed by atoms with Crippen LogP contribution in [0.1, 0.15) is 0 Å². The number of hydrazine groups is 1. The molecule has 0 saturated carbocycles. The molecule has 1 rings (SSSR count). The molecule has 0 aliphatic heterocycles. The van der Waals surface area contributed by atoms with Crippen molar-refractivity contribution in [1.29, 1.82) is 0 Å². The minimum atomic E-state index is -4.67. The molecule has 0 spiro atoms. The van der Waals surface area contributed by atoms with Gasteiger partial charge in [0, 0.05) is 12.1 Å². The first kappa shape index (κ1) is 15.6. The second-order valence-corrected chi connectivity index (χ2v) is 3.32. The Kier molecular flexibility index (Phi) is 5.81. The fourth-order valence-electron chi connectivity index (χ4n) is 0.682. The van der Waals surface area contributed by atoms with Crippen molar-refractivity contribution in [2.75, 3.05) is 5.43 Å². The highest BCUT2D eigenvalue weighted by molar-refractivity contribution is 7.79. The molecule has 0 amide bonds. The summed E-state index contributed by atoms with van der Waals surface area (Å²) in [5, 5.41) is 0. The Balaban J connectivity index is 0.000000437. The van der Waals surface area contributed by atoms with Crippen molar-refractivity contribution in [2.45, 2.75) is 0 Å². The smallest absolute Gasteiger partial charge is 0.294 e. The van der Waals surface area contributed by atoms with Crippen LogP contribution in [0.5, 0.6) is 0 Å². The van der Waals surface area contributed by atoms with Gasteiger partial charge in [-0.2, -0.15) is 8.42 Å². The highest BCUT2D eigenvalue weighted by atomic mass is 32.3. The van der Waals surface area contributed by atoms with Gasteiger partial charge in [-0.25, -0.2) is 13.2 Å². The topological polar surface area (TPSA) is 98.7 Å². The maximum Gasteiger partial charge on any atom is 0.394 e. The Labute approximate surface area is 92.7 Å². The summed E-state index contributed by atoms with van der Waals surface area (Å²) in [6.07, 6.45) is 0. The average molecular weight is 278 g/mol. The van der Waals surface area contributed by atoms with E-state index in [1.54, 1.807) is 5.43 Å². The Morgan fingerprint density at radius 3 is 1.71 bits per heavy atom. The van der Waals surface area contributed by atoms with E-state index in [1.165, 1.54) is 0 Å². The van der Waals surface area contributed by atoms with Crippen LogP contribution in [0.3, 0.4) is 0 Å². The van der Waals surface area contributed by atoms with Crippen LogP contribution in [0, 0.1) is 17.5 Å². The Hall–Kier alpha value is -1.43. The van der Waals surface area contributed by atoms with Gasteiger partial charge in [0.1, 0.15) is 0 Å². The fourth-order valence-corrected chi connectivity index (χ4v) is 0.682. The lowest BCUT2D eigenvalue weighted by molar-refractivity contribution is 0.375. The van der Waals surface area contributed by atoms with E-state index in [4.69, 9.17) is 17.5 Å². The predicted octanol–water partition coefficient (Wildman–Crippen LogP) is 1.25. The first-order valence-corrected chi connectivity index (χ1v) is 5.01. The SMILES string of the molecule is FNNc1cc(F)c(F)c(F)c1.O=S(=O)(O)O. The van der Waals surface area contributed by atoms with Crippen LogP contribution in [0.4, 0.5) is 23.3 Å². The van der Waals surface area contributed by atoms with Crippen LogP contribution in [0.15, 0.2) is 12.1 Å². The summed E-state index contributed by atoms with van der Waals surface area (Å²) >= 11 is 0. The summed E-state index contributed by atoms with van der Waals surface area (Å²) in [4.78, 5) is 0. The van der Waals surface area contributed by atoms with Crippen molar-refractivity contribution in [3.63, 3.8) is 0 Å². The van der Waals surface area contributed by atoms with Crippen molar-refractivity contribution in [2.24, 2.45) is 0 Å². The highest BCUT2D eigenvalue weighted by Crippen LogP contribution is 2.16. The molecular formula is C6H6F4N2O4S. The van der Waals surface area contributed by atoms with Gasteiger partial charge in [0.05, 0.1) is 5.69 Å². The van der Waals surface area contributed by atoms with E-state index in [0.29, 0.717) is 12.1 Å². The van der Waals surface area contributed by atoms with Gasteiger partial charge in [-0.05, 0) is 0 Å². The van der Waals surface area contributed by atoms with Crippen LogP contribution in [-0.4, -0.2) is 17.5 Å². The third-order valence-electron chi connectivity index (χ3n) is 1.18. The molecular weight excluding hydrogens is 272 g/mol. The molecule has 0 radical (unpaired) electrons. The number of nitrogens with one attached hydrogen (secondary N) is 2. The van der Waals surface area contributed by atoms with E-state index >= 15 is 0 Å². The Morgan fingerprint density at radius 1 is 1.06 bits per heavy atom. The summed E-state index contributed by atoms with van der Waals surface area (Å²) in [7, 11) is -4.67. The third kappa shape index (κ3) is 7.46. The first-order chi connectivity index (χ1) is 7.65. The molecule has 1 aromatic rings. The quantitative estimate of drug-likeness (QED) is 0.214. The lowest BCUT2D eigenvalue weighted by Gasteiger charge is -2.02. The maximum absolute atomic E-state index is 12.4. The summed E-state index contributed by atoms with van der Waals surface area (Å²) < 4.78 is 79.9. The summed E-state index contributed by atoms with van der Waals surface area (Å²) in [5.41, 5.74) is 2.46. The van der Waals surface area contributed by atoms with Gasteiger partial charge >= 0.3 is 10.4 Å². The predicted molar refractivity (Wildman–Crippen MR) is 48.4 cm³/mol. The summed E-state index contributed by atoms with van der Waals surface area (Å²) in [6.45, 7) is 0. The van der Waals surface area contributed by atoms with Crippen molar-refractivity contribution in [1.82, 2.24) is 5.65 Å². The first-order valence-electron chi connectivity index (χ1n) is 3.61. The van der Waals surface area contributed by atoms with Crippen LogP contribution in [-0.2, 0) is 10.4 Å². The van der Waals surface area contributed by atoms with Gasteiger partial charge in [0.2, 0.25) is 0 Å². The van der Waals surface area contributed by atoms with E-state index in [9.17, 15) is 17.7 Å². The lowest BCUT2D eigenvalue weighted by Crippen LogP contribution is -2.10. The van der Waals surface area contributed by atoms with Crippen molar-refractivity contribution >= 4 is 16.1 Å². The molecule has 98 valence electrons. The molecule has 0 saturated heterocycles. The van der Waals surface area contributed by atoms with Gasteiger partial charge in [0.15, 0.2) is 17.5 Å². The highest BCUT2D eigenvalue weighted by Gasteiger charge is 2.09. The molecule has 11 heteroatoms. The molecule has 6 nitrogen and oxygen atoms in total. The second kappa shape index (κ2) is 6.34. The maximum atomic E-state index is 12.4. The van der Waals surface area contributed by atoms with Crippen LogP contribution >= 0.6 is 0 Å². The zero-order chi connectivity index (χ0) is 13.6. The molecule has 0 fully saturated rings. The number of benzene rings is 1. The lowest BCUT2D eigenvalue weighted by atomic mass is 10.3. The van der Waals surface area contributed by atoms with Gasteiger partial charge in [-0.1, -0.05) is 5.65 Å². The molecule has 0 atom stereocenters. The molecule has 0 unspecified atom stereocenters. The molecule has 4 N–H and O–H groups in total.